The largest absolute Gasteiger partial charge is 0.508 e. The Morgan fingerprint density at radius 1 is 1.02 bits per heavy atom. The first-order valence-corrected chi connectivity index (χ1v) is 27.3. The van der Waals surface area contributed by atoms with E-state index in [0.717, 1.165) is 36.3 Å². The second-order valence-corrected chi connectivity index (χ2v) is 23.7. The minimum absolute atomic E-state index is 0.0452. The highest BCUT2D eigenvalue weighted by Crippen LogP contribution is 2.32. The molecule has 1 aromatic carbocycles. The molecular formula is C47H76N6O10SSi. The number of benzene rings is 1. The quantitative estimate of drug-likeness (QED) is 0.0314. The number of ether oxygens (including phenoxy) is 2. The molecule has 2 heterocycles. The van der Waals surface area contributed by atoms with Gasteiger partial charge in [0.1, 0.15) is 22.5 Å². The van der Waals surface area contributed by atoms with E-state index in [1.165, 1.54) is 11.8 Å². The smallest absolute Gasteiger partial charge is 0.307 e. The highest BCUT2D eigenvalue weighted by Gasteiger charge is 2.39. The number of thiazole rings is 1. The van der Waals surface area contributed by atoms with Crippen molar-refractivity contribution in [2.24, 2.45) is 17.8 Å². The maximum absolute atomic E-state index is 14.9. The predicted octanol–water partition coefficient (Wildman–Crippen LogP) is 6.08. The summed E-state index contributed by atoms with van der Waals surface area (Å²) in [5, 5.41) is 20.8. The summed E-state index contributed by atoms with van der Waals surface area (Å²) in [4.78, 5) is 99.5. The van der Waals surface area contributed by atoms with E-state index in [9.17, 15) is 38.7 Å². The summed E-state index contributed by atoms with van der Waals surface area (Å²) in [6.45, 7) is 17.1. The van der Waals surface area contributed by atoms with Crippen molar-refractivity contribution in [3.8, 4) is 5.75 Å². The lowest BCUT2D eigenvalue weighted by atomic mass is 9.92. The van der Waals surface area contributed by atoms with Crippen LogP contribution in [-0.2, 0) is 39.9 Å². The molecule has 1 unspecified atom stereocenters. The average Bonchev–Trinajstić information content (AvgIpc) is 3.74. The van der Waals surface area contributed by atoms with E-state index >= 15 is 0 Å². The zero-order valence-electron chi connectivity index (χ0n) is 40.3. The number of phenols is 1. The number of likely N-dealkylation sites (N-methyl/N-ethyl adjacent to an activating group) is 1. The van der Waals surface area contributed by atoms with Gasteiger partial charge in [-0.1, -0.05) is 66.5 Å². The molecule has 1 fully saturated rings. The van der Waals surface area contributed by atoms with Crippen LogP contribution in [0.25, 0.3) is 0 Å². The van der Waals surface area contributed by atoms with Crippen molar-refractivity contribution in [2.75, 3.05) is 26.9 Å². The average molecular weight is 945 g/mol. The fourth-order valence-corrected chi connectivity index (χ4v) is 9.87. The van der Waals surface area contributed by atoms with E-state index in [1.807, 2.05) is 59.7 Å². The molecule has 0 aliphatic carbocycles. The van der Waals surface area contributed by atoms with Crippen LogP contribution in [0.4, 0.5) is 0 Å². The van der Waals surface area contributed by atoms with Crippen molar-refractivity contribution in [1.29, 1.82) is 0 Å². The number of likely N-dealkylation sites (tertiary alicyclic amines) is 1. The highest BCUT2D eigenvalue weighted by atomic mass is 32.1. The van der Waals surface area contributed by atoms with Crippen molar-refractivity contribution in [3.63, 3.8) is 0 Å². The van der Waals surface area contributed by atoms with Crippen molar-refractivity contribution in [2.45, 2.75) is 162 Å². The van der Waals surface area contributed by atoms with E-state index in [0.29, 0.717) is 56.1 Å². The monoisotopic (exact) mass is 945 g/mol. The van der Waals surface area contributed by atoms with Crippen LogP contribution in [0.15, 0.2) is 29.6 Å². The highest BCUT2D eigenvalue weighted by molar-refractivity contribution is 7.09. The van der Waals surface area contributed by atoms with E-state index < -0.39 is 62.2 Å². The number of hydrogen-bond acceptors (Lipinski definition) is 13. The molecule has 18 heteroatoms. The molecule has 1 aliphatic rings. The lowest BCUT2D eigenvalue weighted by molar-refractivity contribution is -0.160. The van der Waals surface area contributed by atoms with Gasteiger partial charge in [0.25, 0.3) is 5.91 Å². The number of esters is 2. The van der Waals surface area contributed by atoms with Gasteiger partial charge in [0.15, 0.2) is 21.2 Å². The van der Waals surface area contributed by atoms with E-state index in [2.05, 4.69) is 20.9 Å². The molecule has 7 atom stereocenters. The lowest BCUT2D eigenvalue weighted by Crippen LogP contribution is -2.59. The van der Waals surface area contributed by atoms with Crippen LogP contribution in [-0.4, -0.2) is 120 Å². The van der Waals surface area contributed by atoms with Gasteiger partial charge >= 0.3 is 11.9 Å². The Morgan fingerprint density at radius 2 is 1.71 bits per heavy atom. The molecular weight excluding hydrogens is 869 g/mol. The molecule has 0 bridgehead atoms. The van der Waals surface area contributed by atoms with E-state index in [1.54, 1.807) is 36.6 Å². The summed E-state index contributed by atoms with van der Waals surface area (Å²) in [7, 11) is -0.335. The van der Waals surface area contributed by atoms with Crippen molar-refractivity contribution in [1.82, 2.24) is 30.7 Å². The third-order valence-corrected chi connectivity index (χ3v) is 14.5. The summed E-state index contributed by atoms with van der Waals surface area (Å²) in [5.41, 5.74) is 0.904. The van der Waals surface area contributed by atoms with Crippen LogP contribution >= 0.6 is 11.3 Å². The number of amides is 4. The van der Waals surface area contributed by atoms with E-state index in [4.69, 9.17) is 9.47 Å². The van der Waals surface area contributed by atoms with Crippen LogP contribution < -0.4 is 16.0 Å². The number of piperidine rings is 1. The third-order valence-electron chi connectivity index (χ3n) is 12.0. The van der Waals surface area contributed by atoms with Crippen molar-refractivity contribution >= 4 is 55.2 Å². The molecule has 364 valence electrons. The minimum atomic E-state index is -2.24. The zero-order valence-corrected chi connectivity index (χ0v) is 42.1. The van der Waals surface area contributed by atoms with Crippen molar-refractivity contribution in [3.05, 3.63) is 45.9 Å². The topological polar surface area (TPSA) is 217 Å². The molecule has 2 aromatic rings. The van der Waals surface area contributed by atoms with Crippen LogP contribution in [0.5, 0.6) is 5.75 Å². The van der Waals surface area contributed by atoms with Gasteiger partial charge in [0, 0.05) is 49.7 Å². The minimum Gasteiger partial charge on any atom is -0.508 e. The van der Waals surface area contributed by atoms with Gasteiger partial charge in [-0.2, -0.15) is 0 Å². The number of carbonyl (C=O) groups excluding carboxylic acids is 6. The summed E-state index contributed by atoms with van der Waals surface area (Å²) in [5.74, 6) is -3.31. The molecule has 65 heavy (non-hydrogen) atoms. The van der Waals surface area contributed by atoms with Gasteiger partial charge in [0.05, 0.1) is 6.04 Å². The predicted molar refractivity (Wildman–Crippen MR) is 253 cm³/mol. The number of nitrogens with one attached hydrogen (secondary N) is 3. The van der Waals surface area contributed by atoms with Gasteiger partial charge in [-0.05, 0) is 101 Å². The summed E-state index contributed by atoms with van der Waals surface area (Å²) < 4.78 is 11.6. The Hall–Kier alpha value is -4.39. The fourth-order valence-electron chi connectivity index (χ4n) is 7.99. The number of aromatic nitrogens is 1. The maximum Gasteiger partial charge on any atom is 0.307 e. The van der Waals surface area contributed by atoms with Gasteiger partial charge in [-0.15, -0.1) is 11.3 Å². The normalized spacial score (nSPS) is 17.2. The molecule has 16 nitrogen and oxygen atoms in total. The first-order valence-electron chi connectivity index (χ1n) is 23.3. The summed E-state index contributed by atoms with van der Waals surface area (Å²) in [6.07, 6.45) is 4.22. The van der Waals surface area contributed by atoms with Crippen LogP contribution in [0, 0.1) is 17.8 Å². The number of rotatable bonds is 26. The Labute approximate surface area is 391 Å². The second kappa shape index (κ2) is 26.7. The molecule has 0 saturated carbocycles. The van der Waals surface area contributed by atoms with Gasteiger partial charge < -0.3 is 40.2 Å². The third kappa shape index (κ3) is 18.4. The number of hydrogen-bond donors (Lipinski definition) is 5. The second-order valence-electron chi connectivity index (χ2n) is 18.7. The number of aromatic hydroxyl groups is 1. The summed E-state index contributed by atoms with van der Waals surface area (Å²) >= 11 is 1.12. The Morgan fingerprint density at radius 3 is 2.31 bits per heavy atom. The molecule has 1 saturated heterocycles. The molecule has 1 aliphatic heterocycles. The lowest BCUT2D eigenvalue weighted by Gasteiger charge is -2.39. The van der Waals surface area contributed by atoms with Crippen LogP contribution in [0.1, 0.15) is 133 Å². The number of carbonyl (C=O) groups is 6. The fraction of sp³-hybridized carbons (Fsp3) is 0.681. The Balaban J connectivity index is 1.92. The Bertz CT molecular complexity index is 1860. The zero-order chi connectivity index (χ0) is 48.4. The molecule has 1 aromatic heterocycles. The van der Waals surface area contributed by atoms with Gasteiger partial charge in [-0.3, -0.25) is 33.7 Å². The van der Waals surface area contributed by atoms with Crippen LogP contribution in [0.3, 0.4) is 0 Å². The first kappa shape index (κ1) is 54.9. The molecule has 5 N–H and O–H groups in total. The summed E-state index contributed by atoms with van der Waals surface area (Å²) in [6, 6.07) is 4.79. The van der Waals surface area contributed by atoms with Gasteiger partial charge in [0.2, 0.25) is 17.7 Å². The standard InChI is InChI=1S/C47H76N6O10SSi/c1-11-16-41(56)62-29-53(47(60)42(31(5)12-2)51-45(59)38-17-13-14-23-52(38)8)39(30(3)4)27-40(63-33(7)54)46-50-37(28-64-46)44(58)49-35(26-34-18-20-36(55)21-19-34)25-32(6)43(57)48-22-15-24-65(9,10)61/h18-21,28,30-32,35,38-40,42,55,61H,11-17,22-27,29H2,1-10H3,(H,48,57)(H,49,58)(H,51,59)/t31?,32-,35+,38+,39+,40+,42-/m1/s1. The SMILES string of the molecule is CCCC(=O)OCN(C(=O)[C@H](NC(=O)[C@@H]1CCCCN1C)C(C)CC)[C@@H](C[C@H](OC(C)=O)c1nc(C(=O)N[C@H](Cc2ccc(O)cc2)C[C@@H](C)C(=O)NCCC[Si](C)(C)O)cs1)C(C)C. The molecule has 0 spiro atoms. The Kier molecular flexibility index (Phi) is 22.5. The molecule has 0 radical (unpaired) electrons. The number of phenolic OH excluding ortho intramolecular Hbond substituents is 1. The molecule has 3 rings (SSSR count). The van der Waals surface area contributed by atoms with Crippen LogP contribution in [0.2, 0.25) is 19.1 Å². The molecule has 4 amide bonds. The maximum atomic E-state index is 14.9. The first-order chi connectivity index (χ1) is 30.6. The van der Waals surface area contributed by atoms with Gasteiger partial charge in [-0.25, -0.2) is 4.98 Å². The van der Waals surface area contributed by atoms with Crippen molar-refractivity contribution < 1.29 is 48.1 Å². The number of nitrogens with zero attached hydrogens (tertiary/aromatic N) is 3. The van der Waals surface area contributed by atoms with E-state index in [-0.39, 0.29) is 60.7 Å².